The summed E-state index contributed by atoms with van der Waals surface area (Å²) in [6.45, 7) is 1.26. The van der Waals surface area contributed by atoms with Gasteiger partial charge >= 0.3 is 6.29 Å². The molecule has 5 rings (SSSR count). The van der Waals surface area contributed by atoms with Crippen LogP contribution in [0.5, 0.6) is 23.0 Å². The minimum Gasteiger partial charge on any atom is -0.493 e. The van der Waals surface area contributed by atoms with Crippen LogP contribution in [0.25, 0.3) is 6.08 Å². The van der Waals surface area contributed by atoms with Crippen LogP contribution in [0.15, 0.2) is 66.7 Å². The molecule has 0 saturated heterocycles. The van der Waals surface area contributed by atoms with Gasteiger partial charge in [-0.1, -0.05) is 48.6 Å². The van der Waals surface area contributed by atoms with E-state index in [1.807, 2.05) is 54.6 Å². The third-order valence-electron chi connectivity index (χ3n) is 5.66. The molecule has 3 aromatic rings. The van der Waals surface area contributed by atoms with Gasteiger partial charge in [-0.3, -0.25) is 0 Å². The first-order chi connectivity index (χ1) is 16.0. The first-order valence-electron chi connectivity index (χ1n) is 10.7. The quantitative estimate of drug-likeness (QED) is 0.537. The first kappa shape index (κ1) is 21.3. The van der Waals surface area contributed by atoms with Gasteiger partial charge in [-0.2, -0.15) is 0 Å². The summed E-state index contributed by atoms with van der Waals surface area (Å²) in [5.74, 6) is 1.44. The van der Waals surface area contributed by atoms with E-state index in [1.165, 1.54) is 17.7 Å². The number of hydrogen-bond acceptors (Lipinski definition) is 5. The lowest BCUT2D eigenvalue weighted by molar-refractivity contribution is -0.286. The number of methoxy groups -OCH3 is 1. The van der Waals surface area contributed by atoms with Crippen LogP contribution in [0.2, 0.25) is 0 Å². The van der Waals surface area contributed by atoms with Gasteiger partial charge in [-0.05, 0) is 52.9 Å². The van der Waals surface area contributed by atoms with Gasteiger partial charge in [-0.15, -0.1) is 8.78 Å². The highest BCUT2D eigenvalue weighted by molar-refractivity contribution is 5.58. The third-order valence-corrected chi connectivity index (χ3v) is 5.66. The molecule has 33 heavy (non-hydrogen) atoms. The predicted molar refractivity (Wildman–Crippen MR) is 120 cm³/mol. The van der Waals surface area contributed by atoms with Crippen LogP contribution in [-0.2, 0) is 13.0 Å². The topological polar surface area (TPSA) is 49.0 Å². The number of hydrogen-bond donors (Lipinski definition) is 1. The molecule has 3 aromatic carbocycles. The molecule has 0 spiro atoms. The average molecular weight is 451 g/mol. The van der Waals surface area contributed by atoms with Crippen molar-refractivity contribution in [2.75, 3.05) is 13.7 Å². The van der Waals surface area contributed by atoms with E-state index >= 15 is 0 Å². The van der Waals surface area contributed by atoms with E-state index in [9.17, 15) is 8.78 Å². The van der Waals surface area contributed by atoms with Crippen molar-refractivity contribution < 1.29 is 27.7 Å². The molecule has 5 nitrogen and oxygen atoms in total. The van der Waals surface area contributed by atoms with E-state index in [2.05, 4.69) is 14.8 Å². The molecule has 2 heterocycles. The Hall–Kier alpha value is -3.58. The highest BCUT2D eigenvalue weighted by Crippen LogP contribution is 2.42. The molecule has 0 bridgehead atoms. The van der Waals surface area contributed by atoms with Gasteiger partial charge in [0, 0.05) is 6.54 Å². The average Bonchev–Trinajstić information content (AvgIpc) is 3.14. The third kappa shape index (κ3) is 4.64. The van der Waals surface area contributed by atoms with Crippen molar-refractivity contribution in [1.82, 2.24) is 5.32 Å². The lowest BCUT2D eigenvalue weighted by Gasteiger charge is -2.26. The highest BCUT2D eigenvalue weighted by Gasteiger charge is 2.43. The lowest BCUT2D eigenvalue weighted by atomic mass is 9.93. The van der Waals surface area contributed by atoms with E-state index in [4.69, 9.17) is 9.47 Å². The van der Waals surface area contributed by atoms with Crippen molar-refractivity contribution in [3.8, 4) is 23.0 Å². The zero-order chi connectivity index (χ0) is 22.8. The van der Waals surface area contributed by atoms with Crippen LogP contribution in [0.1, 0.15) is 28.3 Å². The summed E-state index contributed by atoms with van der Waals surface area (Å²) in [5, 5.41) is 3.48. The highest BCUT2D eigenvalue weighted by atomic mass is 19.3. The number of rotatable bonds is 6. The summed E-state index contributed by atoms with van der Waals surface area (Å²) in [6, 6.07) is 18.7. The van der Waals surface area contributed by atoms with Gasteiger partial charge in [0.1, 0.15) is 6.61 Å². The molecule has 0 saturated carbocycles. The Bertz CT molecular complexity index is 1180. The maximum absolute atomic E-state index is 13.3. The van der Waals surface area contributed by atoms with Crippen LogP contribution < -0.4 is 24.3 Å². The number of halogens is 2. The molecule has 0 amide bonds. The van der Waals surface area contributed by atoms with Gasteiger partial charge in [0.05, 0.1) is 13.2 Å². The number of alkyl halides is 2. The monoisotopic (exact) mass is 451 g/mol. The second kappa shape index (κ2) is 8.75. The zero-order valence-electron chi connectivity index (χ0n) is 18.0. The Morgan fingerprint density at radius 2 is 1.85 bits per heavy atom. The first-order valence-corrected chi connectivity index (χ1v) is 10.7. The number of ether oxygens (including phenoxy) is 4. The second-order valence-electron chi connectivity index (χ2n) is 7.89. The summed E-state index contributed by atoms with van der Waals surface area (Å²) in [5.41, 5.74) is 4.09. The van der Waals surface area contributed by atoms with Crippen molar-refractivity contribution in [2.24, 2.45) is 0 Å². The summed E-state index contributed by atoms with van der Waals surface area (Å²) in [4.78, 5) is 0. The molecule has 2 aliphatic heterocycles. The van der Waals surface area contributed by atoms with Crippen molar-refractivity contribution in [3.63, 3.8) is 0 Å². The standard InChI is InChI=1S/C26H23F2NO4/c1-30-23-15-20-19(14-24(23)31-16-18-5-3-2-4-6-18)11-12-29-21(20)9-7-17-8-10-22-25(13-17)33-26(27,28)32-22/h2-10,13-15,21,29H,11-12,16H2,1H3/b9-7+. The molecule has 0 radical (unpaired) electrons. The van der Waals surface area contributed by atoms with Crippen molar-refractivity contribution in [3.05, 3.63) is 89.0 Å². The van der Waals surface area contributed by atoms with E-state index in [1.54, 1.807) is 13.2 Å². The molecule has 0 fully saturated rings. The fraction of sp³-hybridized carbons (Fsp3) is 0.231. The van der Waals surface area contributed by atoms with Crippen LogP contribution >= 0.6 is 0 Å². The molecule has 0 aromatic heterocycles. The smallest absolute Gasteiger partial charge is 0.493 e. The molecule has 2 aliphatic rings. The predicted octanol–water partition coefficient (Wildman–Crippen LogP) is 5.50. The van der Waals surface area contributed by atoms with E-state index < -0.39 is 6.29 Å². The molecule has 170 valence electrons. The summed E-state index contributed by atoms with van der Waals surface area (Å²) < 4.78 is 47.2. The molecule has 7 heteroatoms. The van der Waals surface area contributed by atoms with Gasteiger partial charge in [0.25, 0.3) is 0 Å². The van der Waals surface area contributed by atoms with Crippen molar-refractivity contribution in [1.29, 1.82) is 0 Å². The number of fused-ring (bicyclic) bond motifs is 2. The van der Waals surface area contributed by atoms with Crippen LogP contribution in [0, 0.1) is 0 Å². The molecule has 1 unspecified atom stereocenters. The largest absolute Gasteiger partial charge is 0.586 e. The van der Waals surface area contributed by atoms with E-state index in [0.29, 0.717) is 18.1 Å². The fourth-order valence-electron chi connectivity index (χ4n) is 4.05. The maximum atomic E-state index is 13.3. The van der Waals surface area contributed by atoms with Crippen LogP contribution in [0.4, 0.5) is 8.78 Å². The fourth-order valence-corrected chi connectivity index (χ4v) is 4.05. The van der Waals surface area contributed by atoms with E-state index in [-0.39, 0.29) is 17.5 Å². The minimum atomic E-state index is -3.62. The number of nitrogens with one attached hydrogen (secondary N) is 1. The molecule has 0 aliphatic carbocycles. The Morgan fingerprint density at radius 1 is 1.03 bits per heavy atom. The lowest BCUT2D eigenvalue weighted by Crippen LogP contribution is -2.28. The van der Waals surface area contributed by atoms with E-state index in [0.717, 1.165) is 29.7 Å². The van der Waals surface area contributed by atoms with Gasteiger partial charge in [0.15, 0.2) is 23.0 Å². The molecular formula is C26H23F2NO4. The maximum Gasteiger partial charge on any atom is 0.586 e. The Balaban J connectivity index is 1.36. The van der Waals surface area contributed by atoms with Gasteiger partial charge in [0.2, 0.25) is 0 Å². The van der Waals surface area contributed by atoms with Gasteiger partial charge in [-0.25, -0.2) is 0 Å². The van der Waals surface area contributed by atoms with Crippen molar-refractivity contribution in [2.45, 2.75) is 25.4 Å². The van der Waals surface area contributed by atoms with Crippen LogP contribution in [0.3, 0.4) is 0 Å². The summed E-state index contributed by atoms with van der Waals surface area (Å²) >= 11 is 0. The summed E-state index contributed by atoms with van der Waals surface area (Å²) in [6.07, 6.45) is 1.12. The Morgan fingerprint density at radius 3 is 2.67 bits per heavy atom. The molecule has 1 atom stereocenters. The number of benzene rings is 3. The Kier molecular flexibility index (Phi) is 5.64. The molecule has 1 N–H and O–H groups in total. The van der Waals surface area contributed by atoms with Crippen molar-refractivity contribution >= 4 is 6.08 Å². The second-order valence-corrected chi connectivity index (χ2v) is 7.89. The van der Waals surface area contributed by atoms with Crippen LogP contribution in [-0.4, -0.2) is 19.9 Å². The zero-order valence-corrected chi connectivity index (χ0v) is 18.0. The summed E-state index contributed by atoms with van der Waals surface area (Å²) in [7, 11) is 1.63. The Labute approximate surface area is 190 Å². The molecular weight excluding hydrogens is 428 g/mol. The minimum absolute atomic E-state index is 0.0287. The normalized spacial score (nSPS) is 18.2. The SMILES string of the molecule is COc1cc2c(cc1OCc1ccccc1)CCNC2/C=C/c1ccc2c(c1)OC(F)(F)O2. The van der Waals surface area contributed by atoms with Gasteiger partial charge < -0.3 is 24.3 Å².